The molecule has 0 saturated heterocycles. The maximum Gasteiger partial charge on any atom is 0.204 e. The van der Waals surface area contributed by atoms with Crippen LogP contribution in [0.4, 0.5) is 8.78 Å². The molecule has 0 bridgehead atoms. The zero-order chi connectivity index (χ0) is 17.1. The molecule has 134 valence electrons. The molecule has 2 saturated carbocycles. The Morgan fingerprint density at radius 1 is 0.792 bits per heavy atom. The highest BCUT2D eigenvalue weighted by molar-refractivity contribution is 5.35. The lowest BCUT2D eigenvalue weighted by Gasteiger charge is -2.37. The van der Waals surface area contributed by atoms with Gasteiger partial charge in [-0.1, -0.05) is 19.8 Å². The van der Waals surface area contributed by atoms with E-state index < -0.39 is 11.6 Å². The SMILES string of the molecule is COc1ccc(OC2CCC(C3CCC(C)CC3)CC2)c(F)c1F. The van der Waals surface area contributed by atoms with Crippen LogP contribution in [0.15, 0.2) is 12.1 Å². The van der Waals surface area contributed by atoms with Gasteiger partial charge >= 0.3 is 0 Å². The smallest absolute Gasteiger partial charge is 0.204 e. The largest absolute Gasteiger partial charge is 0.494 e. The number of hydrogen-bond donors (Lipinski definition) is 0. The molecule has 0 aromatic heterocycles. The first kappa shape index (κ1) is 17.5. The highest BCUT2D eigenvalue weighted by atomic mass is 19.2. The van der Waals surface area contributed by atoms with Crippen molar-refractivity contribution < 1.29 is 18.3 Å². The number of ether oxygens (including phenoxy) is 2. The Bertz CT molecular complexity index is 545. The molecule has 0 spiro atoms. The van der Waals surface area contributed by atoms with E-state index in [1.807, 2.05) is 0 Å². The van der Waals surface area contributed by atoms with Crippen LogP contribution in [-0.2, 0) is 0 Å². The van der Waals surface area contributed by atoms with Gasteiger partial charge < -0.3 is 9.47 Å². The normalized spacial score (nSPS) is 30.8. The molecule has 1 aromatic carbocycles. The summed E-state index contributed by atoms with van der Waals surface area (Å²) in [5, 5.41) is 0. The van der Waals surface area contributed by atoms with Gasteiger partial charge in [0.05, 0.1) is 13.2 Å². The summed E-state index contributed by atoms with van der Waals surface area (Å²) in [4.78, 5) is 0. The molecule has 0 atom stereocenters. The molecule has 2 fully saturated rings. The molecule has 0 unspecified atom stereocenters. The van der Waals surface area contributed by atoms with Crippen molar-refractivity contribution in [2.45, 2.75) is 64.4 Å². The van der Waals surface area contributed by atoms with E-state index in [-0.39, 0.29) is 17.6 Å². The van der Waals surface area contributed by atoms with Crippen molar-refractivity contribution in [3.8, 4) is 11.5 Å². The van der Waals surface area contributed by atoms with Crippen molar-refractivity contribution in [2.24, 2.45) is 17.8 Å². The van der Waals surface area contributed by atoms with Crippen molar-refractivity contribution >= 4 is 0 Å². The average Bonchev–Trinajstić information content (AvgIpc) is 2.61. The van der Waals surface area contributed by atoms with Gasteiger partial charge in [0.1, 0.15) is 0 Å². The Labute approximate surface area is 143 Å². The highest BCUT2D eigenvalue weighted by Gasteiger charge is 2.31. The fourth-order valence-electron chi connectivity index (χ4n) is 4.38. The zero-order valence-corrected chi connectivity index (χ0v) is 14.7. The van der Waals surface area contributed by atoms with Crippen molar-refractivity contribution in [1.82, 2.24) is 0 Å². The van der Waals surface area contributed by atoms with Gasteiger partial charge in [-0.25, -0.2) is 0 Å². The van der Waals surface area contributed by atoms with Crippen LogP contribution in [0.1, 0.15) is 58.3 Å². The number of methoxy groups -OCH3 is 1. The van der Waals surface area contributed by atoms with E-state index in [0.29, 0.717) is 0 Å². The standard InChI is InChI=1S/C20H28F2O2/c1-13-3-5-14(6-4-13)15-7-9-16(10-8-15)24-18-12-11-17(23-2)19(21)20(18)22/h11-16H,3-10H2,1-2H3. The minimum atomic E-state index is -0.972. The van der Waals surface area contributed by atoms with Gasteiger partial charge in [0.25, 0.3) is 0 Å². The van der Waals surface area contributed by atoms with Crippen LogP contribution in [0, 0.1) is 29.4 Å². The minimum Gasteiger partial charge on any atom is -0.494 e. The number of hydrogen-bond acceptors (Lipinski definition) is 2. The van der Waals surface area contributed by atoms with Crippen molar-refractivity contribution in [3.05, 3.63) is 23.8 Å². The van der Waals surface area contributed by atoms with Crippen molar-refractivity contribution in [2.75, 3.05) is 7.11 Å². The maximum absolute atomic E-state index is 14.0. The Kier molecular flexibility index (Phi) is 5.62. The molecule has 0 radical (unpaired) electrons. The summed E-state index contributed by atoms with van der Waals surface area (Å²) in [6, 6.07) is 2.88. The first-order valence-electron chi connectivity index (χ1n) is 9.27. The van der Waals surface area contributed by atoms with Crippen LogP contribution in [-0.4, -0.2) is 13.2 Å². The maximum atomic E-state index is 14.0. The van der Waals surface area contributed by atoms with E-state index in [4.69, 9.17) is 9.47 Å². The van der Waals surface area contributed by atoms with Crippen LogP contribution in [0.3, 0.4) is 0 Å². The first-order chi connectivity index (χ1) is 11.6. The molecule has 2 aliphatic rings. The van der Waals surface area contributed by atoms with Crippen LogP contribution in [0.25, 0.3) is 0 Å². The molecular weight excluding hydrogens is 310 g/mol. The molecule has 24 heavy (non-hydrogen) atoms. The van der Waals surface area contributed by atoms with Gasteiger partial charge in [0, 0.05) is 0 Å². The van der Waals surface area contributed by atoms with Crippen molar-refractivity contribution in [1.29, 1.82) is 0 Å². The lowest BCUT2D eigenvalue weighted by Crippen LogP contribution is -2.29. The third-order valence-corrected chi connectivity index (χ3v) is 5.97. The van der Waals surface area contributed by atoms with Crippen LogP contribution < -0.4 is 9.47 Å². The van der Waals surface area contributed by atoms with Crippen LogP contribution in [0.5, 0.6) is 11.5 Å². The topological polar surface area (TPSA) is 18.5 Å². The zero-order valence-electron chi connectivity index (χ0n) is 14.7. The van der Waals surface area contributed by atoms with Gasteiger partial charge in [-0.15, -0.1) is 0 Å². The Morgan fingerprint density at radius 2 is 1.29 bits per heavy atom. The molecule has 0 heterocycles. The molecule has 0 N–H and O–H groups in total. The van der Waals surface area contributed by atoms with Gasteiger partial charge in [0.15, 0.2) is 11.5 Å². The lowest BCUT2D eigenvalue weighted by atomic mass is 9.71. The molecule has 0 amide bonds. The summed E-state index contributed by atoms with van der Waals surface area (Å²) in [5.41, 5.74) is 0. The summed E-state index contributed by atoms with van der Waals surface area (Å²) >= 11 is 0. The molecule has 4 heteroatoms. The fraction of sp³-hybridized carbons (Fsp3) is 0.700. The first-order valence-corrected chi connectivity index (χ1v) is 9.27. The summed E-state index contributed by atoms with van der Waals surface area (Å²) in [5.74, 6) is 0.525. The minimum absolute atomic E-state index is 0.00300. The predicted molar refractivity (Wildman–Crippen MR) is 90.4 cm³/mol. The summed E-state index contributed by atoms with van der Waals surface area (Å²) < 4.78 is 38.3. The van der Waals surface area contributed by atoms with E-state index in [2.05, 4.69) is 6.92 Å². The summed E-state index contributed by atoms with van der Waals surface area (Å²) in [6.07, 6.45) is 9.58. The third-order valence-electron chi connectivity index (χ3n) is 5.97. The number of benzene rings is 1. The van der Waals surface area contributed by atoms with Crippen molar-refractivity contribution in [3.63, 3.8) is 0 Å². The Morgan fingerprint density at radius 3 is 1.88 bits per heavy atom. The molecule has 0 aliphatic heterocycles. The van der Waals surface area contributed by atoms with E-state index in [0.717, 1.165) is 43.4 Å². The molecule has 1 aromatic rings. The van der Waals surface area contributed by atoms with E-state index >= 15 is 0 Å². The molecule has 2 nitrogen and oxygen atoms in total. The van der Waals surface area contributed by atoms with Crippen LogP contribution in [0.2, 0.25) is 0 Å². The molecule has 3 rings (SSSR count). The van der Waals surface area contributed by atoms with E-state index in [1.165, 1.54) is 44.9 Å². The fourth-order valence-corrected chi connectivity index (χ4v) is 4.38. The second-order valence-electron chi connectivity index (χ2n) is 7.57. The molecular formula is C20H28F2O2. The Balaban J connectivity index is 1.53. The van der Waals surface area contributed by atoms with E-state index in [1.54, 1.807) is 0 Å². The number of halogens is 2. The van der Waals surface area contributed by atoms with Gasteiger partial charge in [-0.3, -0.25) is 0 Å². The number of rotatable bonds is 4. The van der Waals surface area contributed by atoms with Gasteiger partial charge in [-0.2, -0.15) is 8.78 Å². The van der Waals surface area contributed by atoms with Crippen LogP contribution >= 0.6 is 0 Å². The quantitative estimate of drug-likeness (QED) is 0.697. The third kappa shape index (κ3) is 3.84. The second kappa shape index (κ2) is 7.71. The predicted octanol–water partition coefficient (Wildman–Crippen LogP) is 5.74. The van der Waals surface area contributed by atoms with Gasteiger partial charge in [-0.05, 0) is 68.4 Å². The highest BCUT2D eigenvalue weighted by Crippen LogP contribution is 2.40. The summed E-state index contributed by atoms with van der Waals surface area (Å²) in [7, 11) is 1.33. The lowest BCUT2D eigenvalue weighted by molar-refractivity contribution is 0.0901. The van der Waals surface area contributed by atoms with E-state index in [9.17, 15) is 8.78 Å². The second-order valence-corrected chi connectivity index (χ2v) is 7.57. The average molecular weight is 338 g/mol. The summed E-state index contributed by atoms with van der Waals surface area (Å²) in [6.45, 7) is 2.35. The molecule has 2 aliphatic carbocycles. The monoisotopic (exact) mass is 338 g/mol. The van der Waals surface area contributed by atoms with Gasteiger partial charge in [0.2, 0.25) is 11.6 Å². The Hall–Kier alpha value is -1.32.